The van der Waals surface area contributed by atoms with Crippen molar-refractivity contribution in [3.8, 4) is 0 Å². The van der Waals surface area contributed by atoms with Crippen LogP contribution in [0.15, 0.2) is 12.3 Å². The third-order valence-electron chi connectivity index (χ3n) is 4.02. The van der Waals surface area contributed by atoms with Crippen molar-refractivity contribution in [2.75, 3.05) is 0 Å². The van der Waals surface area contributed by atoms with Crippen molar-refractivity contribution in [3.63, 3.8) is 0 Å². The summed E-state index contributed by atoms with van der Waals surface area (Å²) in [5.74, 6) is 0. The maximum atomic E-state index is 4.44. The molecule has 1 atom stereocenters. The maximum Gasteiger partial charge on any atom is 0.0492 e. The summed E-state index contributed by atoms with van der Waals surface area (Å²) in [7, 11) is 0. The van der Waals surface area contributed by atoms with Crippen LogP contribution in [0.4, 0.5) is 0 Å². The SMILES string of the molecule is CCCCCCC(C)(CCC)c1ccnn1CC. The topological polar surface area (TPSA) is 17.8 Å². The van der Waals surface area contributed by atoms with E-state index in [0.717, 1.165) is 6.54 Å². The fourth-order valence-corrected chi connectivity index (χ4v) is 2.97. The van der Waals surface area contributed by atoms with E-state index in [1.165, 1.54) is 50.6 Å². The zero-order valence-corrected chi connectivity index (χ0v) is 12.7. The van der Waals surface area contributed by atoms with Crippen molar-refractivity contribution in [1.82, 2.24) is 9.78 Å². The lowest BCUT2D eigenvalue weighted by atomic mass is 9.77. The molecule has 104 valence electrons. The minimum absolute atomic E-state index is 0.314. The molecule has 0 aromatic carbocycles. The van der Waals surface area contributed by atoms with Gasteiger partial charge in [-0.15, -0.1) is 0 Å². The van der Waals surface area contributed by atoms with Crippen molar-refractivity contribution in [2.24, 2.45) is 0 Å². The number of nitrogens with zero attached hydrogens (tertiary/aromatic N) is 2. The Kier molecular flexibility index (Phi) is 6.45. The summed E-state index contributed by atoms with van der Waals surface area (Å²) in [6.07, 6.45) is 11.2. The van der Waals surface area contributed by atoms with E-state index in [4.69, 9.17) is 0 Å². The Morgan fingerprint density at radius 2 is 1.83 bits per heavy atom. The maximum absolute atomic E-state index is 4.44. The van der Waals surface area contributed by atoms with E-state index in [1.54, 1.807) is 0 Å². The molecule has 18 heavy (non-hydrogen) atoms. The van der Waals surface area contributed by atoms with Crippen molar-refractivity contribution in [2.45, 2.75) is 84.6 Å². The highest BCUT2D eigenvalue weighted by molar-refractivity contribution is 5.15. The van der Waals surface area contributed by atoms with Crippen LogP contribution in [0.1, 0.15) is 78.3 Å². The van der Waals surface area contributed by atoms with E-state index in [9.17, 15) is 0 Å². The van der Waals surface area contributed by atoms with Gasteiger partial charge in [0, 0.05) is 23.9 Å². The first-order chi connectivity index (χ1) is 8.68. The predicted molar refractivity (Wildman–Crippen MR) is 78.9 cm³/mol. The van der Waals surface area contributed by atoms with Gasteiger partial charge in [0.25, 0.3) is 0 Å². The summed E-state index contributed by atoms with van der Waals surface area (Å²) in [4.78, 5) is 0. The summed E-state index contributed by atoms with van der Waals surface area (Å²) >= 11 is 0. The highest BCUT2D eigenvalue weighted by atomic mass is 15.3. The number of unbranched alkanes of at least 4 members (excludes halogenated alkanes) is 3. The minimum atomic E-state index is 0.314. The lowest BCUT2D eigenvalue weighted by Gasteiger charge is -2.30. The number of hydrogen-bond donors (Lipinski definition) is 0. The van der Waals surface area contributed by atoms with Gasteiger partial charge in [0.15, 0.2) is 0 Å². The minimum Gasteiger partial charge on any atom is -0.269 e. The molecule has 0 saturated heterocycles. The molecule has 0 N–H and O–H groups in total. The first kappa shape index (κ1) is 15.3. The number of aryl methyl sites for hydroxylation is 1. The van der Waals surface area contributed by atoms with Crippen LogP contribution in [-0.4, -0.2) is 9.78 Å². The monoisotopic (exact) mass is 250 g/mol. The molecule has 0 aliphatic carbocycles. The third kappa shape index (κ3) is 3.86. The van der Waals surface area contributed by atoms with Crippen LogP contribution in [0.2, 0.25) is 0 Å². The Balaban J connectivity index is 2.72. The average Bonchev–Trinajstić information content (AvgIpc) is 2.84. The lowest BCUT2D eigenvalue weighted by Crippen LogP contribution is -2.26. The first-order valence-electron chi connectivity index (χ1n) is 7.70. The van der Waals surface area contributed by atoms with Crippen LogP contribution in [0.3, 0.4) is 0 Å². The molecular weight excluding hydrogens is 220 g/mol. The summed E-state index contributed by atoms with van der Waals surface area (Å²) < 4.78 is 2.18. The smallest absolute Gasteiger partial charge is 0.0492 e. The molecule has 0 radical (unpaired) electrons. The van der Waals surface area contributed by atoms with Crippen molar-refractivity contribution in [1.29, 1.82) is 0 Å². The molecule has 0 amide bonds. The molecule has 2 nitrogen and oxygen atoms in total. The molecule has 0 bridgehead atoms. The average molecular weight is 250 g/mol. The van der Waals surface area contributed by atoms with Gasteiger partial charge < -0.3 is 0 Å². The fraction of sp³-hybridized carbons (Fsp3) is 0.812. The Morgan fingerprint density at radius 3 is 2.44 bits per heavy atom. The largest absolute Gasteiger partial charge is 0.269 e. The summed E-state index contributed by atoms with van der Waals surface area (Å²) in [6.45, 7) is 10.1. The van der Waals surface area contributed by atoms with Gasteiger partial charge in [-0.25, -0.2) is 0 Å². The zero-order valence-electron chi connectivity index (χ0n) is 12.7. The molecule has 1 aromatic rings. The molecule has 0 fully saturated rings. The van der Waals surface area contributed by atoms with E-state index in [-0.39, 0.29) is 0 Å². The lowest BCUT2D eigenvalue weighted by molar-refractivity contribution is 0.348. The number of aromatic nitrogens is 2. The predicted octanol–water partition coefficient (Wildman–Crippen LogP) is 4.93. The van der Waals surface area contributed by atoms with Crippen molar-refractivity contribution >= 4 is 0 Å². The molecule has 1 unspecified atom stereocenters. The van der Waals surface area contributed by atoms with E-state index < -0.39 is 0 Å². The van der Waals surface area contributed by atoms with E-state index in [1.807, 2.05) is 6.20 Å². The highest BCUT2D eigenvalue weighted by Crippen LogP contribution is 2.34. The van der Waals surface area contributed by atoms with Gasteiger partial charge >= 0.3 is 0 Å². The second-order valence-electron chi connectivity index (χ2n) is 5.65. The van der Waals surface area contributed by atoms with Gasteiger partial charge in [-0.3, -0.25) is 4.68 Å². The molecule has 0 aliphatic rings. The van der Waals surface area contributed by atoms with E-state index in [0.29, 0.717) is 5.41 Å². The molecule has 0 saturated carbocycles. The van der Waals surface area contributed by atoms with Crippen LogP contribution in [-0.2, 0) is 12.0 Å². The third-order valence-corrected chi connectivity index (χ3v) is 4.02. The Bertz CT molecular complexity index is 330. The summed E-state index contributed by atoms with van der Waals surface area (Å²) in [5, 5.41) is 4.44. The molecule has 0 aliphatic heterocycles. The zero-order chi connectivity index (χ0) is 13.4. The second-order valence-corrected chi connectivity index (χ2v) is 5.65. The van der Waals surface area contributed by atoms with Gasteiger partial charge in [0.2, 0.25) is 0 Å². The van der Waals surface area contributed by atoms with Gasteiger partial charge in [-0.1, -0.05) is 52.9 Å². The molecule has 0 spiro atoms. The Hall–Kier alpha value is -0.790. The summed E-state index contributed by atoms with van der Waals surface area (Å²) in [6, 6.07) is 2.22. The first-order valence-corrected chi connectivity index (χ1v) is 7.70. The normalized spacial score (nSPS) is 14.7. The molecule has 1 rings (SSSR count). The van der Waals surface area contributed by atoms with E-state index >= 15 is 0 Å². The molecule has 1 heterocycles. The van der Waals surface area contributed by atoms with Crippen LogP contribution in [0.25, 0.3) is 0 Å². The van der Waals surface area contributed by atoms with E-state index in [2.05, 4.69) is 43.5 Å². The van der Waals surface area contributed by atoms with Gasteiger partial charge in [-0.05, 0) is 25.8 Å². The molecular formula is C16H30N2. The van der Waals surface area contributed by atoms with Gasteiger partial charge in [-0.2, -0.15) is 5.10 Å². The van der Waals surface area contributed by atoms with Gasteiger partial charge in [0.1, 0.15) is 0 Å². The van der Waals surface area contributed by atoms with Crippen LogP contribution < -0.4 is 0 Å². The Labute approximate surface area is 113 Å². The second kappa shape index (κ2) is 7.60. The molecule has 2 heteroatoms. The quantitative estimate of drug-likeness (QED) is 0.568. The standard InChI is InChI=1S/C16H30N2/c1-5-8-9-10-13-16(4,12-6-2)15-11-14-17-18(15)7-3/h11,14H,5-10,12-13H2,1-4H3. The summed E-state index contributed by atoms with van der Waals surface area (Å²) in [5.41, 5.74) is 1.75. The Morgan fingerprint density at radius 1 is 1.06 bits per heavy atom. The van der Waals surface area contributed by atoms with Gasteiger partial charge in [0.05, 0.1) is 0 Å². The molecule has 1 aromatic heterocycles. The van der Waals surface area contributed by atoms with Crippen LogP contribution >= 0.6 is 0 Å². The fourth-order valence-electron chi connectivity index (χ4n) is 2.97. The van der Waals surface area contributed by atoms with Crippen molar-refractivity contribution < 1.29 is 0 Å². The van der Waals surface area contributed by atoms with Crippen molar-refractivity contribution in [3.05, 3.63) is 18.0 Å². The van der Waals surface area contributed by atoms with Crippen LogP contribution in [0, 0.1) is 0 Å². The number of hydrogen-bond acceptors (Lipinski definition) is 1. The highest BCUT2D eigenvalue weighted by Gasteiger charge is 2.28. The van der Waals surface area contributed by atoms with Crippen LogP contribution in [0.5, 0.6) is 0 Å². The number of rotatable bonds is 9.